The molecule has 9 heteroatoms. The first kappa shape index (κ1) is 25.7. The van der Waals surface area contributed by atoms with E-state index in [1.807, 2.05) is 42.5 Å². The number of thioether (sulfide) groups is 1. The fourth-order valence-electron chi connectivity index (χ4n) is 3.74. The van der Waals surface area contributed by atoms with Gasteiger partial charge in [0.1, 0.15) is 6.61 Å². The number of rotatable bonds is 9. The van der Waals surface area contributed by atoms with Gasteiger partial charge in [-0.25, -0.2) is 4.79 Å². The Labute approximate surface area is 214 Å². The second-order valence-electron chi connectivity index (χ2n) is 8.16. The molecule has 0 saturated carbocycles. The number of hydrogen-bond acceptors (Lipinski definition) is 7. The standard InChI is InChI=1S/C27H28N2O6S/c1-2-15-33-27(31)28-22-12-10-21(11-13-22)26-34-23(18-36-25-5-3-4-14-29(25)32)16-24(35-26)20-8-6-19(17-30)7-9-20/h2-14,23-24,26,30H,1,15-18H2,(H,28,31)/t23-,24+,26+/m0/s1. The van der Waals surface area contributed by atoms with Gasteiger partial charge < -0.3 is 24.5 Å². The highest BCUT2D eigenvalue weighted by molar-refractivity contribution is 7.99. The van der Waals surface area contributed by atoms with Crippen LogP contribution in [0.2, 0.25) is 0 Å². The third kappa shape index (κ3) is 6.86. The number of nitrogens with one attached hydrogen (secondary N) is 1. The van der Waals surface area contributed by atoms with Crippen molar-refractivity contribution in [1.82, 2.24) is 0 Å². The third-order valence-corrected chi connectivity index (χ3v) is 6.73. The second kappa shape index (κ2) is 12.5. The summed E-state index contributed by atoms with van der Waals surface area (Å²) in [4.78, 5) is 11.8. The molecule has 1 saturated heterocycles. The average molecular weight is 509 g/mol. The molecular weight excluding hydrogens is 480 g/mol. The smallest absolute Gasteiger partial charge is 0.411 e. The number of pyridine rings is 1. The molecule has 3 aromatic rings. The number of carbonyl (C=O) groups excluding carboxylic acids is 1. The molecule has 188 valence electrons. The van der Waals surface area contributed by atoms with Crippen LogP contribution in [0.15, 0.2) is 90.6 Å². The fraction of sp³-hybridized carbons (Fsp3) is 0.259. The lowest BCUT2D eigenvalue weighted by atomic mass is 10.0. The van der Waals surface area contributed by atoms with Gasteiger partial charge in [0.25, 0.3) is 5.03 Å². The highest BCUT2D eigenvalue weighted by Gasteiger charge is 2.32. The fourth-order valence-corrected chi connectivity index (χ4v) is 4.67. The molecule has 2 N–H and O–H groups in total. The highest BCUT2D eigenvalue weighted by Crippen LogP contribution is 2.39. The van der Waals surface area contributed by atoms with Crippen molar-refractivity contribution >= 4 is 23.5 Å². The molecular formula is C27H28N2O6S. The number of hydrogen-bond donors (Lipinski definition) is 2. The quantitative estimate of drug-likeness (QED) is 0.184. The van der Waals surface area contributed by atoms with Crippen molar-refractivity contribution in [3.05, 3.63) is 107 Å². The molecule has 0 spiro atoms. The number of aliphatic hydroxyl groups is 1. The van der Waals surface area contributed by atoms with E-state index in [1.165, 1.54) is 24.0 Å². The zero-order valence-corrected chi connectivity index (χ0v) is 20.4. The van der Waals surface area contributed by atoms with Crippen LogP contribution in [0.4, 0.5) is 10.5 Å². The lowest BCUT2D eigenvalue weighted by molar-refractivity contribution is -0.645. The third-order valence-electron chi connectivity index (χ3n) is 5.58. The maximum atomic E-state index is 12.1. The Morgan fingerprint density at radius 2 is 1.89 bits per heavy atom. The summed E-state index contributed by atoms with van der Waals surface area (Å²) in [5.41, 5.74) is 3.19. The number of amides is 1. The van der Waals surface area contributed by atoms with Crippen molar-refractivity contribution in [3.63, 3.8) is 0 Å². The van der Waals surface area contributed by atoms with E-state index in [4.69, 9.17) is 14.2 Å². The first-order valence-electron chi connectivity index (χ1n) is 11.5. The molecule has 0 unspecified atom stereocenters. The molecule has 1 aliphatic heterocycles. The summed E-state index contributed by atoms with van der Waals surface area (Å²) in [6.07, 6.45) is 1.98. The summed E-state index contributed by atoms with van der Waals surface area (Å²) in [5, 5.41) is 24.7. The maximum absolute atomic E-state index is 12.1. The summed E-state index contributed by atoms with van der Waals surface area (Å²) < 4.78 is 18.4. The Kier molecular flexibility index (Phi) is 8.96. The Hall–Kier alpha value is -3.37. The van der Waals surface area contributed by atoms with Gasteiger partial charge in [-0.05, 0) is 29.3 Å². The van der Waals surface area contributed by atoms with E-state index < -0.39 is 12.4 Å². The zero-order valence-electron chi connectivity index (χ0n) is 19.6. The van der Waals surface area contributed by atoms with Crippen molar-refractivity contribution in [2.45, 2.75) is 36.6 Å². The average Bonchev–Trinajstić information content (AvgIpc) is 2.92. The first-order chi connectivity index (χ1) is 17.6. The molecule has 1 fully saturated rings. The molecule has 4 rings (SSSR count). The number of anilines is 1. The van der Waals surface area contributed by atoms with E-state index in [1.54, 1.807) is 24.3 Å². The van der Waals surface area contributed by atoms with E-state index in [9.17, 15) is 15.1 Å². The normalized spacial score (nSPS) is 19.4. The highest BCUT2D eigenvalue weighted by atomic mass is 32.2. The molecule has 8 nitrogen and oxygen atoms in total. The van der Waals surface area contributed by atoms with Crippen LogP contribution in [0.5, 0.6) is 0 Å². The molecule has 3 atom stereocenters. The summed E-state index contributed by atoms with van der Waals surface area (Å²) in [6, 6.07) is 20.1. The van der Waals surface area contributed by atoms with Crippen LogP contribution in [-0.4, -0.2) is 29.7 Å². The topological polar surface area (TPSA) is 104 Å². The maximum Gasteiger partial charge on any atom is 0.411 e. The van der Waals surface area contributed by atoms with Crippen molar-refractivity contribution < 1.29 is 28.8 Å². The molecule has 1 aliphatic rings. The number of ether oxygens (including phenoxy) is 3. The van der Waals surface area contributed by atoms with Gasteiger partial charge >= 0.3 is 6.09 Å². The number of benzene rings is 2. The zero-order chi connectivity index (χ0) is 25.3. The van der Waals surface area contributed by atoms with Crippen LogP contribution in [0.25, 0.3) is 0 Å². The first-order valence-corrected chi connectivity index (χ1v) is 12.5. The Morgan fingerprint density at radius 1 is 1.14 bits per heavy atom. The second-order valence-corrected chi connectivity index (χ2v) is 9.20. The number of aromatic nitrogens is 1. The predicted octanol–water partition coefficient (Wildman–Crippen LogP) is 4.88. The van der Waals surface area contributed by atoms with Crippen LogP contribution in [0.1, 0.15) is 35.5 Å². The van der Waals surface area contributed by atoms with Crippen molar-refractivity contribution in [3.8, 4) is 0 Å². The van der Waals surface area contributed by atoms with Gasteiger partial charge in [0.05, 0.1) is 18.8 Å². The molecule has 1 aromatic heterocycles. The largest absolute Gasteiger partial charge is 0.618 e. The molecule has 0 radical (unpaired) electrons. The minimum Gasteiger partial charge on any atom is -0.618 e. The minimum atomic E-state index is -0.635. The molecule has 0 aliphatic carbocycles. The van der Waals surface area contributed by atoms with E-state index in [2.05, 4.69) is 11.9 Å². The summed E-state index contributed by atoms with van der Waals surface area (Å²) in [5.74, 6) is 0.576. The van der Waals surface area contributed by atoms with Gasteiger partial charge in [-0.15, -0.1) is 0 Å². The van der Waals surface area contributed by atoms with Crippen molar-refractivity contribution in [2.75, 3.05) is 17.7 Å². The van der Waals surface area contributed by atoms with Crippen LogP contribution in [-0.2, 0) is 20.8 Å². The van der Waals surface area contributed by atoms with Gasteiger partial charge in [0, 0.05) is 35.6 Å². The Bertz CT molecular complexity index is 1160. The number of carbonyl (C=O) groups is 1. The number of nitrogens with zero attached hydrogens (tertiary/aromatic N) is 1. The molecule has 36 heavy (non-hydrogen) atoms. The van der Waals surface area contributed by atoms with Gasteiger partial charge in [0.2, 0.25) is 0 Å². The van der Waals surface area contributed by atoms with Crippen LogP contribution in [0, 0.1) is 5.21 Å². The van der Waals surface area contributed by atoms with Crippen LogP contribution < -0.4 is 10.0 Å². The minimum absolute atomic E-state index is 0.0232. The van der Waals surface area contributed by atoms with E-state index in [-0.39, 0.29) is 25.4 Å². The van der Waals surface area contributed by atoms with Crippen LogP contribution in [0.3, 0.4) is 0 Å². The van der Waals surface area contributed by atoms with Crippen molar-refractivity contribution in [2.24, 2.45) is 0 Å². The molecule has 0 bridgehead atoms. The summed E-state index contributed by atoms with van der Waals surface area (Å²) in [7, 11) is 0. The Morgan fingerprint density at radius 3 is 2.58 bits per heavy atom. The summed E-state index contributed by atoms with van der Waals surface area (Å²) >= 11 is 1.44. The molecule has 2 aromatic carbocycles. The van der Waals surface area contributed by atoms with Gasteiger partial charge in [-0.1, -0.05) is 60.8 Å². The van der Waals surface area contributed by atoms with E-state index in [0.717, 1.165) is 21.4 Å². The van der Waals surface area contributed by atoms with Crippen LogP contribution >= 0.6 is 11.8 Å². The predicted molar refractivity (Wildman–Crippen MR) is 136 cm³/mol. The van der Waals surface area contributed by atoms with Crippen molar-refractivity contribution in [1.29, 1.82) is 0 Å². The lowest BCUT2D eigenvalue weighted by Crippen LogP contribution is -2.32. The van der Waals surface area contributed by atoms with E-state index >= 15 is 0 Å². The summed E-state index contributed by atoms with van der Waals surface area (Å²) in [6.45, 7) is 3.62. The van der Waals surface area contributed by atoms with Gasteiger partial charge in [-0.3, -0.25) is 5.32 Å². The lowest BCUT2D eigenvalue weighted by Gasteiger charge is -2.36. The van der Waals surface area contributed by atoms with E-state index in [0.29, 0.717) is 22.9 Å². The molecule has 2 heterocycles. The SMILES string of the molecule is C=CCOC(=O)Nc1ccc([C@@H]2O[C@H](CSc3cccc[n+]3[O-])C[C@H](c3ccc(CO)cc3)O2)cc1. The van der Waals surface area contributed by atoms with Gasteiger partial charge in [-0.2, -0.15) is 4.73 Å². The monoisotopic (exact) mass is 508 g/mol. The Balaban J connectivity index is 1.49. The molecule has 1 amide bonds. The van der Waals surface area contributed by atoms with Gasteiger partial charge in [0.15, 0.2) is 12.5 Å². The number of aliphatic hydroxyl groups excluding tert-OH is 1.